The topological polar surface area (TPSA) is 115 Å². The molecule has 25 heavy (non-hydrogen) atoms. The summed E-state index contributed by atoms with van der Waals surface area (Å²) in [4.78, 5) is 15.6. The van der Waals surface area contributed by atoms with Crippen molar-refractivity contribution in [1.82, 2.24) is 19.5 Å². The Hall–Kier alpha value is -2.46. The fourth-order valence-electron chi connectivity index (χ4n) is 2.58. The van der Waals surface area contributed by atoms with Gasteiger partial charge in [-0.2, -0.15) is 5.10 Å². The van der Waals surface area contributed by atoms with E-state index in [1.54, 1.807) is 11.6 Å². The molecule has 10 heteroatoms. The Bertz CT molecular complexity index is 922. The van der Waals surface area contributed by atoms with Gasteiger partial charge in [-0.1, -0.05) is 0 Å². The van der Waals surface area contributed by atoms with Crippen LogP contribution >= 0.6 is 0 Å². The summed E-state index contributed by atoms with van der Waals surface area (Å²) in [6, 6.07) is 4.15. The molecule has 1 aliphatic heterocycles. The third kappa shape index (κ3) is 3.64. The number of hydrogen-bond acceptors (Lipinski definition) is 6. The summed E-state index contributed by atoms with van der Waals surface area (Å²) in [5, 5.41) is 6.85. The first-order chi connectivity index (χ1) is 11.8. The Morgan fingerprint density at radius 1 is 1.40 bits per heavy atom. The van der Waals surface area contributed by atoms with Gasteiger partial charge in [-0.25, -0.2) is 22.8 Å². The summed E-state index contributed by atoms with van der Waals surface area (Å²) >= 11 is 0. The lowest BCUT2D eigenvalue weighted by Gasteiger charge is -2.19. The van der Waals surface area contributed by atoms with Crippen LogP contribution in [0, 0.1) is 13.8 Å². The van der Waals surface area contributed by atoms with Gasteiger partial charge < -0.3 is 10.1 Å². The molecule has 134 valence electrons. The standard InChI is InChI=1S/C15H19N5O4S/c1-9(20-11(3)17-10(2)19-20)7-16-25(22,23)12-4-5-14-13(6-12)18-15(21)8-24-14/h4-6,9,16H,7-8H2,1-3H3,(H,18,21)/t9-/m1/s1. The predicted molar refractivity (Wildman–Crippen MR) is 90.0 cm³/mol. The van der Waals surface area contributed by atoms with Gasteiger partial charge >= 0.3 is 0 Å². The van der Waals surface area contributed by atoms with Crippen LogP contribution in [0.3, 0.4) is 0 Å². The van der Waals surface area contributed by atoms with Crippen LogP contribution in [0.4, 0.5) is 5.69 Å². The Balaban J connectivity index is 1.75. The summed E-state index contributed by atoms with van der Waals surface area (Å²) in [6.07, 6.45) is 0. The zero-order valence-electron chi connectivity index (χ0n) is 14.1. The maximum atomic E-state index is 12.5. The Morgan fingerprint density at radius 2 is 2.16 bits per heavy atom. The molecule has 0 fully saturated rings. The molecule has 2 N–H and O–H groups in total. The number of carbonyl (C=O) groups is 1. The second-order valence-electron chi connectivity index (χ2n) is 5.85. The van der Waals surface area contributed by atoms with Gasteiger partial charge in [0.25, 0.3) is 5.91 Å². The highest BCUT2D eigenvalue weighted by atomic mass is 32.2. The molecular weight excluding hydrogens is 346 g/mol. The zero-order chi connectivity index (χ0) is 18.2. The summed E-state index contributed by atoms with van der Waals surface area (Å²) in [5.41, 5.74) is 0.343. The van der Waals surface area contributed by atoms with Crippen molar-refractivity contribution in [3.63, 3.8) is 0 Å². The molecule has 0 spiro atoms. The maximum Gasteiger partial charge on any atom is 0.262 e. The van der Waals surface area contributed by atoms with Gasteiger partial charge in [0.2, 0.25) is 10.0 Å². The molecule has 2 aromatic rings. The third-order valence-electron chi connectivity index (χ3n) is 3.79. The van der Waals surface area contributed by atoms with Gasteiger partial charge in [-0.05, 0) is 39.0 Å². The molecule has 0 saturated carbocycles. The number of aryl methyl sites for hydroxylation is 2. The number of nitrogens with zero attached hydrogens (tertiary/aromatic N) is 3. The number of amides is 1. The van der Waals surface area contributed by atoms with Gasteiger partial charge in [0.05, 0.1) is 16.6 Å². The number of ether oxygens (including phenoxy) is 1. The summed E-state index contributed by atoms with van der Waals surface area (Å²) in [7, 11) is -3.74. The largest absolute Gasteiger partial charge is 0.482 e. The van der Waals surface area contributed by atoms with Crippen LogP contribution in [-0.4, -0.2) is 42.2 Å². The number of benzene rings is 1. The normalized spacial score (nSPS) is 15.2. The van der Waals surface area contributed by atoms with Crippen molar-refractivity contribution in [2.75, 3.05) is 18.5 Å². The third-order valence-corrected chi connectivity index (χ3v) is 5.21. The molecule has 1 atom stereocenters. The van der Waals surface area contributed by atoms with Crippen molar-refractivity contribution in [2.24, 2.45) is 0 Å². The van der Waals surface area contributed by atoms with Gasteiger partial charge in [-0.15, -0.1) is 0 Å². The lowest BCUT2D eigenvalue weighted by Crippen LogP contribution is -2.31. The molecule has 1 aromatic carbocycles. The molecule has 0 radical (unpaired) electrons. The van der Waals surface area contributed by atoms with E-state index >= 15 is 0 Å². The average Bonchev–Trinajstić information content (AvgIpc) is 2.90. The Kier molecular flexibility index (Phi) is 4.48. The van der Waals surface area contributed by atoms with E-state index < -0.39 is 10.0 Å². The van der Waals surface area contributed by atoms with Crippen molar-refractivity contribution in [3.05, 3.63) is 29.8 Å². The minimum atomic E-state index is -3.74. The van der Waals surface area contributed by atoms with Gasteiger partial charge in [0.15, 0.2) is 6.61 Å². The van der Waals surface area contributed by atoms with Crippen LogP contribution in [0.15, 0.2) is 23.1 Å². The molecule has 3 rings (SSSR count). The first-order valence-corrected chi connectivity index (χ1v) is 9.21. The van der Waals surface area contributed by atoms with E-state index in [1.807, 2.05) is 13.8 Å². The summed E-state index contributed by atoms with van der Waals surface area (Å²) in [6.45, 7) is 5.53. The number of aromatic nitrogens is 3. The van der Waals surface area contributed by atoms with Crippen LogP contribution in [0.2, 0.25) is 0 Å². The lowest BCUT2D eigenvalue weighted by atomic mass is 10.2. The number of nitrogens with one attached hydrogen (secondary N) is 2. The first kappa shape index (κ1) is 17.4. The SMILES string of the molecule is Cc1nc(C)n([C@H](C)CNS(=O)(=O)c2ccc3c(c2)NC(=O)CO3)n1. The monoisotopic (exact) mass is 365 g/mol. The number of rotatable bonds is 5. The fourth-order valence-corrected chi connectivity index (χ4v) is 3.73. The molecule has 1 amide bonds. The predicted octanol–water partition coefficient (Wildman–Crippen LogP) is 0.765. The zero-order valence-corrected chi connectivity index (χ0v) is 14.9. The van der Waals surface area contributed by atoms with E-state index in [4.69, 9.17) is 4.74 Å². The van der Waals surface area contributed by atoms with Crippen molar-refractivity contribution in [1.29, 1.82) is 0 Å². The minimum Gasteiger partial charge on any atom is -0.482 e. The van der Waals surface area contributed by atoms with E-state index in [-0.39, 0.29) is 30.0 Å². The van der Waals surface area contributed by atoms with Gasteiger partial charge in [0, 0.05) is 6.54 Å². The smallest absolute Gasteiger partial charge is 0.262 e. The van der Waals surface area contributed by atoms with Crippen LogP contribution in [0.1, 0.15) is 24.6 Å². The van der Waals surface area contributed by atoms with Gasteiger partial charge in [0.1, 0.15) is 17.4 Å². The highest BCUT2D eigenvalue weighted by Gasteiger charge is 2.22. The van der Waals surface area contributed by atoms with Crippen LogP contribution in [0.25, 0.3) is 0 Å². The van der Waals surface area contributed by atoms with E-state index in [1.165, 1.54) is 18.2 Å². The highest BCUT2D eigenvalue weighted by molar-refractivity contribution is 7.89. The minimum absolute atomic E-state index is 0.0516. The lowest BCUT2D eigenvalue weighted by molar-refractivity contribution is -0.118. The van der Waals surface area contributed by atoms with Crippen LogP contribution in [0.5, 0.6) is 5.75 Å². The number of fused-ring (bicyclic) bond motifs is 1. The number of anilines is 1. The van der Waals surface area contributed by atoms with E-state index in [9.17, 15) is 13.2 Å². The number of sulfonamides is 1. The Labute approximate surface area is 145 Å². The first-order valence-electron chi connectivity index (χ1n) is 7.72. The molecule has 1 aromatic heterocycles. The Morgan fingerprint density at radius 3 is 2.84 bits per heavy atom. The maximum absolute atomic E-state index is 12.5. The quantitative estimate of drug-likeness (QED) is 0.808. The fraction of sp³-hybridized carbons (Fsp3) is 0.400. The van der Waals surface area contributed by atoms with E-state index in [2.05, 4.69) is 20.1 Å². The summed E-state index contributed by atoms with van der Waals surface area (Å²) in [5.74, 6) is 1.48. The van der Waals surface area contributed by atoms with E-state index in [0.29, 0.717) is 17.3 Å². The molecule has 9 nitrogen and oxygen atoms in total. The molecule has 2 heterocycles. The van der Waals surface area contributed by atoms with Crippen molar-refractivity contribution in [2.45, 2.75) is 31.7 Å². The average molecular weight is 365 g/mol. The van der Waals surface area contributed by atoms with Crippen molar-refractivity contribution >= 4 is 21.6 Å². The van der Waals surface area contributed by atoms with E-state index in [0.717, 1.165) is 5.82 Å². The molecule has 0 unspecified atom stereocenters. The van der Waals surface area contributed by atoms with Crippen LogP contribution in [-0.2, 0) is 14.8 Å². The second kappa shape index (κ2) is 6.45. The molecule has 1 aliphatic rings. The van der Waals surface area contributed by atoms with Crippen LogP contribution < -0.4 is 14.8 Å². The number of hydrogen-bond donors (Lipinski definition) is 2. The van der Waals surface area contributed by atoms with Gasteiger partial charge in [-0.3, -0.25) is 4.79 Å². The molecule has 0 aliphatic carbocycles. The van der Waals surface area contributed by atoms with Crippen molar-refractivity contribution in [3.8, 4) is 5.75 Å². The second-order valence-corrected chi connectivity index (χ2v) is 7.61. The molecule has 0 bridgehead atoms. The van der Waals surface area contributed by atoms with Crippen molar-refractivity contribution < 1.29 is 17.9 Å². The number of carbonyl (C=O) groups excluding carboxylic acids is 1. The highest BCUT2D eigenvalue weighted by Crippen LogP contribution is 2.30. The summed E-state index contributed by atoms with van der Waals surface area (Å²) < 4.78 is 34.5. The molecule has 0 saturated heterocycles. The molecular formula is C15H19N5O4S.